The minimum atomic E-state index is 0.614. The SMILES string of the molecule is C=Cc1ccc(C2CC2CC2=Nc3c(ccnc3CNCC3CCNCC3)C(=C)N2)c(C)c1. The summed E-state index contributed by atoms with van der Waals surface area (Å²) in [7, 11) is 0. The highest BCUT2D eigenvalue weighted by atomic mass is 15.1. The van der Waals surface area contributed by atoms with Gasteiger partial charge in [-0.2, -0.15) is 0 Å². The summed E-state index contributed by atoms with van der Waals surface area (Å²) in [5.41, 5.74) is 8.01. The summed E-state index contributed by atoms with van der Waals surface area (Å²) in [4.78, 5) is 9.71. The van der Waals surface area contributed by atoms with Crippen LogP contribution in [0.5, 0.6) is 0 Å². The van der Waals surface area contributed by atoms with Crippen molar-refractivity contribution in [2.75, 3.05) is 19.6 Å². The number of aromatic nitrogens is 1. The number of fused-ring (bicyclic) bond motifs is 1. The molecule has 3 aliphatic rings. The number of benzene rings is 1. The van der Waals surface area contributed by atoms with Gasteiger partial charge in [0.2, 0.25) is 0 Å². The fourth-order valence-corrected chi connectivity index (χ4v) is 5.32. The van der Waals surface area contributed by atoms with Crippen LogP contribution in [-0.4, -0.2) is 30.5 Å². The number of pyridine rings is 1. The second kappa shape index (κ2) is 9.62. The van der Waals surface area contributed by atoms with Crippen molar-refractivity contribution in [2.24, 2.45) is 16.8 Å². The lowest BCUT2D eigenvalue weighted by atomic mass is 9.98. The molecule has 2 fully saturated rings. The first kappa shape index (κ1) is 22.1. The molecule has 2 aliphatic heterocycles. The van der Waals surface area contributed by atoms with Crippen LogP contribution in [0.25, 0.3) is 11.8 Å². The first-order valence-corrected chi connectivity index (χ1v) is 12.3. The zero-order valence-electron chi connectivity index (χ0n) is 19.7. The van der Waals surface area contributed by atoms with Crippen LogP contribution in [0.4, 0.5) is 5.69 Å². The Labute approximate surface area is 197 Å². The van der Waals surface area contributed by atoms with Crippen molar-refractivity contribution in [2.45, 2.75) is 45.1 Å². The van der Waals surface area contributed by atoms with Crippen LogP contribution in [0.2, 0.25) is 0 Å². The molecular formula is C28H35N5. The Morgan fingerprint density at radius 3 is 2.85 bits per heavy atom. The monoisotopic (exact) mass is 441 g/mol. The predicted molar refractivity (Wildman–Crippen MR) is 138 cm³/mol. The number of nitrogens with one attached hydrogen (secondary N) is 3. The van der Waals surface area contributed by atoms with Crippen LogP contribution in [0.3, 0.4) is 0 Å². The molecule has 0 amide bonds. The highest BCUT2D eigenvalue weighted by Gasteiger charge is 2.40. The van der Waals surface area contributed by atoms with E-state index in [4.69, 9.17) is 4.99 Å². The molecule has 0 radical (unpaired) electrons. The van der Waals surface area contributed by atoms with Gasteiger partial charge in [-0.3, -0.25) is 4.98 Å². The molecule has 3 N–H and O–H groups in total. The summed E-state index contributed by atoms with van der Waals surface area (Å²) < 4.78 is 0. The van der Waals surface area contributed by atoms with Gasteiger partial charge >= 0.3 is 0 Å². The maximum atomic E-state index is 5.04. The molecule has 1 aromatic heterocycles. The van der Waals surface area contributed by atoms with Gasteiger partial charge in [0.15, 0.2) is 0 Å². The lowest BCUT2D eigenvalue weighted by Gasteiger charge is -2.24. The van der Waals surface area contributed by atoms with E-state index >= 15 is 0 Å². The molecular weight excluding hydrogens is 406 g/mol. The van der Waals surface area contributed by atoms with E-state index in [9.17, 15) is 0 Å². The molecule has 5 rings (SSSR count). The Morgan fingerprint density at radius 2 is 2.06 bits per heavy atom. The van der Waals surface area contributed by atoms with Crippen molar-refractivity contribution in [3.05, 3.63) is 71.6 Å². The highest BCUT2D eigenvalue weighted by Crippen LogP contribution is 2.51. The Hall–Kier alpha value is -2.76. The van der Waals surface area contributed by atoms with Crippen LogP contribution in [0, 0.1) is 18.8 Å². The molecule has 2 aromatic rings. The normalized spacial score (nSPS) is 22.3. The Kier molecular flexibility index (Phi) is 6.43. The number of piperidine rings is 1. The van der Waals surface area contributed by atoms with E-state index in [1.807, 2.05) is 18.3 Å². The maximum Gasteiger partial charge on any atom is 0.107 e. The second-order valence-electron chi connectivity index (χ2n) is 9.77. The smallest absolute Gasteiger partial charge is 0.107 e. The fourth-order valence-electron chi connectivity index (χ4n) is 5.32. The average molecular weight is 442 g/mol. The van der Waals surface area contributed by atoms with E-state index in [0.29, 0.717) is 11.8 Å². The summed E-state index contributed by atoms with van der Waals surface area (Å²) in [5, 5.41) is 10.5. The molecule has 0 bridgehead atoms. The highest BCUT2D eigenvalue weighted by molar-refractivity contribution is 5.98. The van der Waals surface area contributed by atoms with E-state index in [0.717, 1.165) is 67.0 Å². The van der Waals surface area contributed by atoms with Crippen LogP contribution in [0.1, 0.15) is 59.5 Å². The second-order valence-corrected chi connectivity index (χ2v) is 9.77. The quantitative estimate of drug-likeness (QED) is 0.544. The van der Waals surface area contributed by atoms with E-state index in [-0.39, 0.29) is 0 Å². The summed E-state index contributed by atoms with van der Waals surface area (Å²) in [6, 6.07) is 8.71. The summed E-state index contributed by atoms with van der Waals surface area (Å²) in [6.07, 6.45) is 8.44. The Bertz CT molecular complexity index is 1080. The van der Waals surface area contributed by atoms with E-state index in [2.05, 4.69) is 59.2 Å². The van der Waals surface area contributed by atoms with Crippen LogP contribution in [0.15, 0.2) is 48.6 Å². The van der Waals surface area contributed by atoms with E-state index in [1.165, 1.54) is 36.0 Å². The lowest BCUT2D eigenvalue weighted by Crippen LogP contribution is -2.33. The van der Waals surface area contributed by atoms with Gasteiger partial charge in [-0.05, 0) is 86.3 Å². The van der Waals surface area contributed by atoms with Crippen molar-refractivity contribution in [3.8, 4) is 0 Å². The molecule has 2 atom stereocenters. The molecule has 5 nitrogen and oxygen atoms in total. The van der Waals surface area contributed by atoms with E-state index < -0.39 is 0 Å². The van der Waals surface area contributed by atoms with Crippen LogP contribution >= 0.6 is 0 Å². The number of hydrogen-bond acceptors (Lipinski definition) is 5. The molecule has 2 unspecified atom stereocenters. The first-order valence-electron chi connectivity index (χ1n) is 12.3. The maximum absolute atomic E-state index is 5.04. The zero-order valence-corrected chi connectivity index (χ0v) is 19.7. The third-order valence-electron chi connectivity index (χ3n) is 7.36. The molecule has 33 heavy (non-hydrogen) atoms. The van der Waals surface area contributed by atoms with Crippen LogP contribution < -0.4 is 16.0 Å². The number of rotatable bonds is 8. The number of hydrogen-bond donors (Lipinski definition) is 3. The predicted octanol–water partition coefficient (Wildman–Crippen LogP) is 4.92. The van der Waals surface area contributed by atoms with Gasteiger partial charge in [0, 0.05) is 30.4 Å². The summed E-state index contributed by atoms with van der Waals surface area (Å²) >= 11 is 0. The molecule has 1 aromatic carbocycles. The van der Waals surface area contributed by atoms with Gasteiger partial charge in [-0.15, -0.1) is 0 Å². The Morgan fingerprint density at radius 1 is 1.21 bits per heavy atom. The minimum absolute atomic E-state index is 0.614. The zero-order chi connectivity index (χ0) is 22.8. The van der Waals surface area contributed by atoms with Gasteiger partial charge in [0.05, 0.1) is 11.4 Å². The molecule has 3 heterocycles. The summed E-state index contributed by atoms with van der Waals surface area (Å²) in [6.45, 7) is 14.4. The largest absolute Gasteiger partial charge is 0.344 e. The Balaban J connectivity index is 1.26. The van der Waals surface area contributed by atoms with Gasteiger partial charge in [-0.25, -0.2) is 4.99 Å². The molecule has 1 aliphatic carbocycles. The van der Waals surface area contributed by atoms with Crippen molar-refractivity contribution >= 4 is 23.3 Å². The van der Waals surface area contributed by atoms with Gasteiger partial charge in [-0.1, -0.05) is 37.4 Å². The molecule has 172 valence electrons. The van der Waals surface area contributed by atoms with E-state index in [1.54, 1.807) is 0 Å². The molecule has 0 spiro atoms. The third kappa shape index (κ3) is 4.94. The minimum Gasteiger partial charge on any atom is -0.344 e. The van der Waals surface area contributed by atoms with Crippen molar-refractivity contribution in [1.82, 2.24) is 20.9 Å². The molecule has 5 heteroatoms. The summed E-state index contributed by atoms with van der Waals surface area (Å²) in [5.74, 6) is 3.00. The van der Waals surface area contributed by atoms with Crippen molar-refractivity contribution in [1.29, 1.82) is 0 Å². The number of aliphatic imine (C=N–C) groups is 1. The molecule has 1 saturated carbocycles. The van der Waals surface area contributed by atoms with Crippen molar-refractivity contribution < 1.29 is 0 Å². The lowest BCUT2D eigenvalue weighted by molar-refractivity contribution is 0.356. The topological polar surface area (TPSA) is 61.3 Å². The average Bonchev–Trinajstić information content (AvgIpc) is 3.58. The fraction of sp³-hybridized carbons (Fsp3) is 0.429. The number of amidine groups is 1. The van der Waals surface area contributed by atoms with Gasteiger partial charge in [0.1, 0.15) is 5.84 Å². The van der Waals surface area contributed by atoms with Gasteiger partial charge in [0.25, 0.3) is 0 Å². The first-order chi connectivity index (χ1) is 16.1. The number of nitrogens with zero attached hydrogens (tertiary/aromatic N) is 2. The van der Waals surface area contributed by atoms with Crippen LogP contribution in [-0.2, 0) is 6.54 Å². The molecule has 1 saturated heterocycles. The number of aryl methyl sites for hydroxylation is 1. The van der Waals surface area contributed by atoms with Crippen molar-refractivity contribution in [3.63, 3.8) is 0 Å². The van der Waals surface area contributed by atoms with Gasteiger partial charge < -0.3 is 16.0 Å². The third-order valence-corrected chi connectivity index (χ3v) is 7.36. The standard InChI is InChI=1S/C28H35N5/c1-4-20-5-6-23(18(2)13-20)25-14-22(25)15-27-32-19(3)24-9-12-31-26(28(24)33-27)17-30-16-21-7-10-29-11-8-21/h4-6,9,12-13,21-22,25,29-30H,1,3,7-8,10-11,14-17H2,2H3,(H,32,33).